The van der Waals surface area contributed by atoms with Crippen LogP contribution < -0.4 is 0 Å². The van der Waals surface area contributed by atoms with E-state index in [2.05, 4.69) is 23.0 Å². The average molecular weight is 384 g/mol. The van der Waals surface area contributed by atoms with Gasteiger partial charge in [-0.25, -0.2) is 4.98 Å². The maximum atomic E-state index is 13.0. The van der Waals surface area contributed by atoms with Crippen LogP contribution in [0.2, 0.25) is 0 Å². The zero-order valence-corrected chi connectivity index (χ0v) is 15.9. The normalized spacial score (nSPS) is 10.7. The van der Waals surface area contributed by atoms with E-state index in [1.165, 1.54) is 5.56 Å². The maximum Gasteiger partial charge on any atom is 0.255 e. The minimum Gasteiger partial charge on any atom is -0.467 e. The van der Waals surface area contributed by atoms with Crippen molar-refractivity contribution in [2.45, 2.75) is 19.4 Å². The number of aromatic nitrogens is 1. The number of rotatable bonds is 7. The van der Waals surface area contributed by atoms with Crippen LogP contribution in [-0.2, 0) is 19.4 Å². The van der Waals surface area contributed by atoms with Gasteiger partial charge >= 0.3 is 0 Å². The van der Waals surface area contributed by atoms with Gasteiger partial charge in [-0.1, -0.05) is 36.3 Å². The van der Waals surface area contributed by atoms with Crippen LogP contribution in [0.3, 0.4) is 0 Å². The van der Waals surface area contributed by atoms with Crippen molar-refractivity contribution in [3.8, 4) is 12.3 Å². The molecule has 0 aliphatic rings. The number of aryl methyl sites for hydroxylation is 2. The number of carbonyl (C=O) groups excluding carboxylic acids is 1. The summed E-state index contributed by atoms with van der Waals surface area (Å²) in [5.74, 6) is 3.70. The molecule has 0 spiro atoms. The minimum absolute atomic E-state index is 0.171. The Morgan fingerprint density at radius 3 is 2.69 bits per heavy atom. The van der Waals surface area contributed by atoms with Crippen LogP contribution in [0.25, 0.3) is 11.1 Å². The highest BCUT2D eigenvalue weighted by Crippen LogP contribution is 2.20. The molecule has 4 rings (SSSR count). The summed E-state index contributed by atoms with van der Waals surface area (Å²) in [6, 6.07) is 19.1. The average Bonchev–Trinajstić information content (AvgIpc) is 3.41. The van der Waals surface area contributed by atoms with Crippen LogP contribution >= 0.6 is 0 Å². The quantitative estimate of drug-likeness (QED) is 0.441. The molecule has 2 aromatic heterocycles. The van der Waals surface area contributed by atoms with Gasteiger partial charge in [0.1, 0.15) is 11.3 Å². The minimum atomic E-state index is -0.171. The molecule has 0 aliphatic heterocycles. The summed E-state index contributed by atoms with van der Waals surface area (Å²) in [6.45, 7) is 0.508. The number of amides is 1. The van der Waals surface area contributed by atoms with Gasteiger partial charge < -0.3 is 13.7 Å². The second-order valence-corrected chi connectivity index (χ2v) is 6.72. The second-order valence-electron chi connectivity index (χ2n) is 6.72. The number of nitrogens with zero attached hydrogens (tertiary/aromatic N) is 2. The highest BCUT2D eigenvalue weighted by atomic mass is 16.3. The molecule has 0 saturated carbocycles. The van der Waals surface area contributed by atoms with E-state index in [1.54, 1.807) is 35.4 Å². The van der Waals surface area contributed by atoms with E-state index >= 15 is 0 Å². The molecule has 144 valence electrons. The van der Waals surface area contributed by atoms with Gasteiger partial charge in [-0.05, 0) is 42.3 Å². The Morgan fingerprint density at radius 2 is 1.93 bits per heavy atom. The fourth-order valence-electron chi connectivity index (χ4n) is 3.19. The fraction of sp³-hybridized carbons (Fsp3) is 0.167. The molecule has 0 bridgehead atoms. The molecule has 0 radical (unpaired) electrons. The number of oxazole rings is 1. The number of terminal acetylenes is 1. The van der Waals surface area contributed by atoms with Crippen molar-refractivity contribution in [1.82, 2.24) is 9.88 Å². The summed E-state index contributed by atoms with van der Waals surface area (Å²) in [6.07, 6.45) is 8.57. The largest absolute Gasteiger partial charge is 0.467 e. The van der Waals surface area contributed by atoms with Crippen molar-refractivity contribution in [1.29, 1.82) is 0 Å². The van der Waals surface area contributed by atoms with Crippen LogP contribution in [0, 0.1) is 12.3 Å². The molecule has 0 atom stereocenters. The number of fused-ring (bicyclic) bond motifs is 1. The Hall–Kier alpha value is -3.78. The van der Waals surface area contributed by atoms with Crippen molar-refractivity contribution < 1.29 is 13.6 Å². The molecule has 0 aliphatic carbocycles. The van der Waals surface area contributed by atoms with E-state index in [0.717, 1.165) is 6.42 Å². The number of hydrogen-bond acceptors (Lipinski definition) is 4. The van der Waals surface area contributed by atoms with Gasteiger partial charge in [0.25, 0.3) is 5.91 Å². The van der Waals surface area contributed by atoms with Gasteiger partial charge in [0.2, 0.25) is 0 Å². The molecule has 4 aromatic rings. The standard InChI is InChI=1S/C24H20N2O3/c1-2-14-26(17-20-9-6-15-28-20)24(27)19-11-12-22-21(16-19)25-23(29-22)13-10-18-7-4-3-5-8-18/h1,3-9,11-12,15-16H,10,13-14,17H2. The van der Waals surface area contributed by atoms with Crippen LogP contribution in [0.1, 0.15) is 27.6 Å². The van der Waals surface area contributed by atoms with Crippen LogP contribution in [0.4, 0.5) is 0 Å². The maximum absolute atomic E-state index is 13.0. The topological polar surface area (TPSA) is 59.5 Å². The number of furan rings is 1. The van der Waals surface area contributed by atoms with E-state index in [4.69, 9.17) is 15.3 Å². The first-order chi connectivity index (χ1) is 14.2. The monoisotopic (exact) mass is 384 g/mol. The third-order valence-electron chi connectivity index (χ3n) is 4.65. The Labute approximate surface area is 169 Å². The Bertz CT molecular complexity index is 1140. The summed E-state index contributed by atoms with van der Waals surface area (Å²) in [4.78, 5) is 19.1. The number of benzene rings is 2. The molecular formula is C24H20N2O3. The van der Waals surface area contributed by atoms with E-state index in [-0.39, 0.29) is 12.5 Å². The van der Waals surface area contributed by atoms with Crippen LogP contribution in [-0.4, -0.2) is 22.3 Å². The van der Waals surface area contributed by atoms with Crippen LogP contribution in [0.15, 0.2) is 75.8 Å². The summed E-state index contributed by atoms with van der Waals surface area (Å²) in [5, 5.41) is 0. The molecule has 2 heterocycles. The third kappa shape index (κ3) is 4.39. The first kappa shape index (κ1) is 18.6. The highest BCUT2D eigenvalue weighted by Gasteiger charge is 2.18. The van der Waals surface area contributed by atoms with Gasteiger partial charge in [-0.3, -0.25) is 4.79 Å². The lowest BCUT2D eigenvalue weighted by Crippen LogP contribution is -2.30. The lowest BCUT2D eigenvalue weighted by Gasteiger charge is -2.19. The number of hydrogen-bond donors (Lipinski definition) is 0. The van der Waals surface area contributed by atoms with Gasteiger partial charge in [-0.2, -0.15) is 0 Å². The van der Waals surface area contributed by atoms with E-state index < -0.39 is 0 Å². The van der Waals surface area contributed by atoms with E-state index in [9.17, 15) is 4.79 Å². The fourth-order valence-corrected chi connectivity index (χ4v) is 3.19. The zero-order valence-electron chi connectivity index (χ0n) is 15.9. The Morgan fingerprint density at radius 1 is 1.07 bits per heavy atom. The smallest absolute Gasteiger partial charge is 0.255 e. The predicted octanol–water partition coefficient (Wildman–Crippen LogP) is 4.48. The molecular weight excluding hydrogens is 364 g/mol. The van der Waals surface area contributed by atoms with E-state index in [0.29, 0.717) is 41.3 Å². The van der Waals surface area contributed by atoms with Gasteiger partial charge in [-0.15, -0.1) is 6.42 Å². The molecule has 0 saturated heterocycles. The van der Waals surface area contributed by atoms with Crippen molar-refractivity contribution in [3.05, 3.63) is 89.7 Å². The van der Waals surface area contributed by atoms with E-state index in [1.807, 2.05) is 24.3 Å². The molecule has 29 heavy (non-hydrogen) atoms. The highest BCUT2D eigenvalue weighted by molar-refractivity contribution is 5.97. The summed E-state index contributed by atoms with van der Waals surface area (Å²) >= 11 is 0. The SMILES string of the molecule is C#CCN(Cc1ccco1)C(=O)c1ccc2oc(CCc3ccccc3)nc2c1. The van der Waals surface area contributed by atoms with Crippen molar-refractivity contribution in [2.24, 2.45) is 0 Å². The lowest BCUT2D eigenvalue weighted by molar-refractivity contribution is 0.0755. The lowest BCUT2D eigenvalue weighted by atomic mass is 10.1. The van der Waals surface area contributed by atoms with Crippen molar-refractivity contribution in [3.63, 3.8) is 0 Å². The molecule has 1 amide bonds. The van der Waals surface area contributed by atoms with Crippen molar-refractivity contribution in [2.75, 3.05) is 6.54 Å². The summed E-state index contributed by atoms with van der Waals surface area (Å²) in [5.41, 5.74) is 3.08. The molecule has 0 unspecified atom stereocenters. The predicted molar refractivity (Wildman–Crippen MR) is 110 cm³/mol. The summed E-state index contributed by atoms with van der Waals surface area (Å²) in [7, 11) is 0. The van der Waals surface area contributed by atoms with Gasteiger partial charge in [0.15, 0.2) is 11.5 Å². The van der Waals surface area contributed by atoms with Crippen LogP contribution in [0.5, 0.6) is 0 Å². The molecule has 0 fully saturated rings. The molecule has 5 heteroatoms. The third-order valence-corrected chi connectivity index (χ3v) is 4.65. The summed E-state index contributed by atoms with van der Waals surface area (Å²) < 4.78 is 11.2. The Kier molecular flexibility index (Phi) is 5.44. The van der Waals surface area contributed by atoms with Crippen molar-refractivity contribution >= 4 is 17.0 Å². The first-order valence-corrected chi connectivity index (χ1v) is 9.41. The number of carbonyl (C=O) groups is 1. The van der Waals surface area contributed by atoms with Gasteiger partial charge in [0, 0.05) is 12.0 Å². The molecule has 0 N–H and O–H groups in total. The Balaban J connectivity index is 1.51. The molecule has 5 nitrogen and oxygen atoms in total. The first-order valence-electron chi connectivity index (χ1n) is 9.41. The van der Waals surface area contributed by atoms with Gasteiger partial charge in [0.05, 0.1) is 19.4 Å². The molecule has 2 aromatic carbocycles. The zero-order chi connectivity index (χ0) is 20.1. The second kappa shape index (κ2) is 8.49.